The van der Waals surface area contributed by atoms with Crippen molar-refractivity contribution in [3.63, 3.8) is 0 Å². The van der Waals surface area contributed by atoms with Crippen LogP contribution in [0.5, 0.6) is 5.75 Å². The fraction of sp³-hybridized carbons (Fsp3) is 0.500. The Kier molecular flexibility index (Phi) is 3.87. The maximum absolute atomic E-state index is 12.4. The number of benzene rings is 1. The highest BCUT2D eigenvalue weighted by atomic mass is 16.3. The summed E-state index contributed by atoms with van der Waals surface area (Å²) in [5.41, 5.74) is 1.27. The van der Waals surface area contributed by atoms with Gasteiger partial charge < -0.3 is 15.1 Å². The second-order valence-electron chi connectivity index (χ2n) is 4.83. The summed E-state index contributed by atoms with van der Waals surface area (Å²) in [7, 11) is 0. The first-order valence-corrected chi connectivity index (χ1v) is 6.35. The lowest BCUT2D eigenvalue weighted by Crippen LogP contribution is -2.45. The average Bonchev–Trinajstić information content (AvgIpc) is 2.28. The van der Waals surface area contributed by atoms with Gasteiger partial charge in [-0.25, -0.2) is 0 Å². The third-order valence-corrected chi connectivity index (χ3v) is 3.50. The van der Waals surface area contributed by atoms with Crippen molar-refractivity contribution in [3.8, 4) is 5.75 Å². The van der Waals surface area contributed by atoms with E-state index < -0.39 is 0 Å². The van der Waals surface area contributed by atoms with Crippen LogP contribution in [0.3, 0.4) is 0 Å². The van der Waals surface area contributed by atoms with Crippen LogP contribution < -0.4 is 0 Å². The molecule has 18 heavy (non-hydrogen) atoms. The summed E-state index contributed by atoms with van der Waals surface area (Å²) in [5.74, 6) is -0.178. The first-order valence-electron chi connectivity index (χ1n) is 6.35. The molecule has 1 aromatic rings. The molecule has 1 saturated carbocycles. The third-order valence-electron chi connectivity index (χ3n) is 3.50. The van der Waals surface area contributed by atoms with Gasteiger partial charge in [0.1, 0.15) is 5.75 Å². The summed E-state index contributed by atoms with van der Waals surface area (Å²) in [6.07, 6.45) is 3.09. The summed E-state index contributed by atoms with van der Waals surface area (Å²) >= 11 is 0. The number of hydrogen-bond donors (Lipinski definition) is 2. The molecule has 4 heteroatoms. The number of rotatable bonds is 4. The zero-order chi connectivity index (χ0) is 13.1. The molecule has 0 heterocycles. The van der Waals surface area contributed by atoms with Crippen molar-refractivity contribution >= 4 is 5.91 Å². The molecule has 0 aromatic heterocycles. The van der Waals surface area contributed by atoms with Crippen molar-refractivity contribution in [3.05, 3.63) is 29.3 Å². The number of carbonyl (C=O) groups is 1. The molecule has 0 unspecified atom stereocenters. The second-order valence-corrected chi connectivity index (χ2v) is 4.83. The van der Waals surface area contributed by atoms with Crippen molar-refractivity contribution in [1.82, 2.24) is 4.90 Å². The number of carbonyl (C=O) groups excluding carboxylic acids is 1. The predicted molar refractivity (Wildman–Crippen MR) is 68.6 cm³/mol. The van der Waals surface area contributed by atoms with Gasteiger partial charge in [0.25, 0.3) is 5.91 Å². The molecule has 1 fully saturated rings. The molecular formula is C14H19NO3. The molecule has 1 aliphatic rings. The van der Waals surface area contributed by atoms with E-state index >= 15 is 0 Å². The molecule has 1 amide bonds. The normalized spacial score (nSPS) is 15.2. The number of hydrogen-bond acceptors (Lipinski definition) is 3. The van der Waals surface area contributed by atoms with E-state index in [0.717, 1.165) is 24.8 Å². The van der Waals surface area contributed by atoms with Crippen molar-refractivity contribution in [2.45, 2.75) is 32.2 Å². The Morgan fingerprint density at radius 3 is 2.72 bits per heavy atom. The summed E-state index contributed by atoms with van der Waals surface area (Å²) in [6.45, 7) is 2.17. The average molecular weight is 249 g/mol. The highest BCUT2D eigenvalue weighted by Crippen LogP contribution is 2.28. The van der Waals surface area contributed by atoms with Crippen molar-refractivity contribution in [2.24, 2.45) is 0 Å². The summed E-state index contributed by atoms with van der Waals surface area (Å²) in [4.78, 5) is 14.1. The molecule has 0 saturated heterocycles. The highest BCUT2D eigenvalue weighted by Gasteiger charge is 2.30. The summed E-state index contributed by atoms with van der Waals surface area (Å²) in [6, 6.07) is 5.22. The Bertz CT molecular complexity index is 441. The van der Waals surface area contributed by atoms with E-state index in [1.165, 1.54) is 0 Å². The quantitative estimate of drug-likeness (QED) is 0.853. The molecule has 0 aliphatic heterocycles. The number of aryl methyl sites for hydroxylation is 1. The number of aliphatic hydroxyl groups is 1. The lowest BCUT2D eigenvalue weighted by atomic mass is 9.91. The van der Waals surface area contributed by atoms with Crippen LogP contribution in [0.4, 0.5) is 0 Å². The number of aromatic hydroxyl groups is 1. The van der Waals surface area contributed by atoms with Gasteiger partial charge in [0, 0.05) is 12.6 Å². The Morgan fingerprint density at radius 2 is 2.17 bits per heavy atom. The molecule has 4 nitrogen and oxygen atoms in total. The number of phenols is 1. The van der Waals surface area contributed by atoms with E-state index in [4.69, 9.17) is 5.11 Å². The van der Waals surface area contributed by atoms with Crippen LogP contribution in [-0.2, 0) is 0 Å². The van der Waals surface area contributed by atoms with Crippen LogP contribution in [0.15, 0.2) is 18.2 Å². The number of aliphatic hydroxyl groups excluding tert-OH is 1. The molecule has 2 N–H and O–H groups in total. The third kappa shape index (κ3) is 2.48. The molecule has 0 spiro atoms. The Morgan fingerprint density at radius 1 is 1.44 bits per heavy atom. The monoisotopic (exact) mass is 249 g/mol. The minimum atomic E-state index is -0.185. The van der Waals surface area contributed by atoms with E-state index in [1.807, 2.05) is 6.92 Å². The minimum absolute atomic E-state index is 0.00728. The Hall–Kier alpha value is -1.55. The van der Waals surface area contributed by atoms with Gasteiger partial charge in [0.05, 0.1) is 12.2 Å². The Balaban J connectivity index is 2.23. The van der Waals surface area contributed by atoms with Gasteiger partial charge in [-0.1, -0.05) is 11.6 Å². The van der Waals surface area contributed by atoms with Crippen LogP contribution >= 0.6 is 0 Å². The van der Waals surface area contributed by atoms with Gasteiger partial charge in [-0.2, -0.15) is 0 Å². The van der Waals surface area contributed by atoms with Crippen LogP contribution in [0, 0.1) is 6.92 Å². The smallest absolute Gasteiger partial charge is 0.257 e. The molecule has 0 radical (unpaired) electrons. The van der Waals surface area contributed by atoms with Crippen LogP contribution in [0.1, 0.15) is 35.2 Å². The topological polar surface area (TPSA) is 60.8 Å². The molecule has 0 atom stereocenters. The standard InChI is InChI=1S/C14H19NO3/c1-10-5-6-13(17)12(9-10)14(18)15(7-8-16)11-3-2-4-11/h5-6,9,11,16-17H,2-4,7-8H2,1H3. The fourth-order valence-electron chi connectivity index (χ4n) is 2.23. The molecule has 2 rings (SSSR count). The van der Waals surface area contributed by atoms with Gasteiger partial charge in [0.15, 0.2) is 0 Å². The highest BCUT2D eigenvalue weighted by molar-refractivity contribution is 5.97. The molecule has 0 bridgehead atoms. The SMILES string of the molecule is Cc1ccc(O)c(C(=O)N(CCO)C2CCC2)c1. The van der Waals surface area contributed by atoms with Gasteiger partial charge in [-0.3, -0.25) is 4.79 Å². The van der Waals surface area contributed by atoms with Crippen molar-refractivity contribution in [2.75, 3.05) is 13.2 Å². The first-order chi connectivity index (χ1) is 8.63. The molecule has 98 valence electrons. The molecule has 1 aromatic carbocycles. The van der Waals surface area contributed by atoms with Gasteiger partial charge >= 0.3 is 0 Å². The largest absolute Gasteiger partial charge is 0.507 e. The van der Waals surface area contributed by atoms with Crippen molar-refractivity contribution in [1.29, 1.82) is 0 Å². The number of nitrogens with zero attached hydrogens (tertiary/aromatic N) is 1. The fourth-order valence-corrected chi connectivity index (χ4v) is 2.23. The van der Waals surface area contributed by atoms with E-state index in [9.17, 15) is 9.90 Å². The van der Waals surface area contributed by atoms with Crippen LogP contribution in [-0.4, -0.2) is 40.2 Å². The zero-order valence-electron chi connectivity index (χ0n) is 10.6. The summed E-state index contributed by atoms with van der Waals surface area (Å²) in [5, 5.41) is 18.9. The van der Waals surface area contributed by atoms with E-state index in [1.54, 1.807) is 23.1 Å². The Labute approximate surface area is 107 Å². The second kappa shape index (κ2) is 5.40. The number of phenolic OH excluding ortho intramolecular Hbond substituents is 1. The summed E-state index contributed by atoms with van der Waals surface area (Å²) < 4.78 is 0. The van der Waals surface area contributed by atoms with E-state index in [-0.39, 0.29) is 24.3 Å². The maximum Gasteiger partial charge on any atom is 0.257 e. The lowest BCUT2D eigenvalue weighted by molar-refractivity contribution is 0.0523. The number of amides is 1. The maximum atomic E-state index is 12.4. The first kappa shape index (κ1) is 12.9. The minimum Gasteiger partial charge on any atom is -0.507 e. The predicted octanol–water partition coefficient (Wildman–Crippen LogP) is 1.69. The van der Waals surface area contributed by atoms with Crippen LogP contribution in [0.2, 0.25) is 0 Å². The molecule has 1 aliphatic carbocycles. The zero-order valence-corrected chi connectivity index (χ0v) is 10.6. The molecular weight excluding hydrogens is 230 g/mol. The van der Waals surface area contributed by atoms with Crippen molar-refractivity contribution < 1.29 is 15.0 Å². The van der Waals surface area contributed by atoms with Crippen LogP contribution in [0.25, 0.3) is 0 Å². The van der Waals surface area contributed by atoms with Gasteiger partial charge in [0.2, 0.25) is 0 Å². The lowest BCUT2D eigenvalue weighted by Gasteiger charge is -2.37. The van der Waals surface area contributed by atoms with Gasteiger partial charge in [-0.05, 0) is 38.3 Å². The van der Waals surface area contributed by atoms with Gasteiger partial charge in [-0.15, -0.1) is 0 Å². The van der Waals surface area contributed by atoms with E-state index in [2.05, 4.69) is 0 Å². The van der Waals surface area contributed by atoms with E-state index in [0.29, 0.717) is 12.1 Å².